The Morgan fingerprint density at radius 3 is 2.52 bits per heavy atom. The van der Waals surface area contributed by atoms with Crippen LogP contribution in [0.2, 0.25) is 0 Å². The summed E-state index contributed by atoms with van der Waals surface area (Å²) >= 11 is 1.37. The molecule has 0 saturated carbocycles. The molecule has 0 fully saturated rings. The first-order valence-corrected chi connectivity index (χ1v) is 10.9. The molecule has 0 radical (unpaired) electrons. The molecule has 0 atom stereocenters. The van der Waals surface area contributed by atoms with Gasteiger partial charge in [0.2, 0.25) is 0 Å². The van der Waals surface area contributed by atoms with Crippen molar-refractivity contribution in [2.24, 2.45) is 0 Å². The summed E-state index contributed by atoms with van der Waals surface area (Å²) in [5.74, 6) is 1.15. The molecule has 4 aromatic rings. The fourth-order valence-electron chi connectivity index (χ4n) is 3.09. The van der Waals surface area contributed by atoms with Crippen LogP contribution in [0.3, 0.4) is 0 Å². The molecule has 8 heteroatoms. The summed E-state index contributed by atoms with van der Waals surface area (Å²) in [6.07, 6.45) is 0. The zero-order chi connectivity index (χ0) is 23.2. The van der Waals surface area contributed by atoms with Crippen LogP contribution in [0.25, 0.3) is 10.6 Å². The summed E-state index contributed by atoms with van der Waals surface area (Å²) in [6.45, 7) is 0.271. The van der Waals surface area contributed by atoms with Gasteiger partial charge in [-0.05, 0) is 54.1 Å². The number of hydrogen-bond donors (Lipinski definition) is 1. The highest BCUT2D eigenvalue weighted by Crippen LogP contribution is 2.30. The van der Waals surface area contributed by atoms with Gasteiger partial charge in [-0.25, -0.2) is 9.37 Å². The molecular formula is C25H21FN2O4S. The number of rotatable bonds is 8. The maximum atomic E-state index is 13.3. The Hall–Kier alpha value is -3.91. The zero-order valence-corrected chi connectivity index (χ0v) is 18.8. The molecule has 3 aromatic carbocycles. The fourth-order valence-corrected chi connectivity index (χ4v) is 3.89. The van der Waals surface area contributed by atoms with Crippen molar-refractivity contribution in [3.63, 3.8) is 0 Å². The molecule has 1 heterocycles. The van der Waals surface area contributed by atoms with Crippen LogP contribution in [0.4, 0.5) is 10.1 Å². The zero-order valence-electron chi connectivity index (χ0n) is 18.0. The number of nitrogens with zero attached hydrogens (tertiary/aromatic N) is 1. The Labute approximate surface area is 194 Å². The number of ether oxygens (including phenoxy) is 3. The van der Waals surface area contributed by atoms with E-state index in [9.17, 15) is 9.18 Å². The molecule has 168 valence electrons. The van der Waals surface area contributed by atoms with Crippen LogP contribution in [-0.2, 0) is 6.61 Å². The lowest BCUT2D eigenvalue weighted by Gasteiger charge is -2.10. The quantitative estimate of drug-likeness (QED) is 0.357. The Morgan fingerprint density at radius 1 is 1.00 bits per heavy atom. The van der Waals surface area contributed by atoms with Crippen molar-refractivity contribution < 1.29 is 23.4 Å². The van der Waals surface area contributed by atoms with E-state index in [1.165, 1.54) is 30.6 Å². The fraction of sp³-hybridized carbons (Fsp3) is 0.120. The van der Waals surface area contributed by atoms with Gasteiger partial charge in [0.25, 0.3) is 5.91 Å². The van der Waals surface area contributed by atoms with Crippen LogP contribution in [0.1, 0.15) is 16.1 Å². The smallest absolute Gasteiger partial charge is 0.275 e. The molecule has 0 aliphatic heterocycles. The summed E-state index contributed by atoms with van der Waals surface area (Å²) in [7, 11) is 3.09. The summed E-state index contributed by atoms with van der Waals surface area (Å²) in [5.41, 5.74) is 2.44. The van der Waals surface area contributed by atoms with Gasteiger partial charge in [0.15, 0.2) is 0 Å². The van der Waals surface area contributed by atoms with Gasteiger partial charge in [0, 0.05) is 17.0 Å². The highest BCUT2D eigenvalue weighted by Gasteiger charge is 2.15. The van der Waals surface area contributed by atoms with Crippen molar-refractivity contribution in [1.29, 1.82) is 0 Å². The minimum atomic E-state index is -0.337. The van der Waals surface area contributed by atoms with Crippen molar-refractivity contribution in [3.05, 3.63) is 89.2 Å². The number of halogens is 1. The standard InChI is InChI=1S/C25H21FN2O4S/c1-30-20-10-11-21(23(13-20)31-2)27-24(29)22-15-33-25(28-22)17-6-8-19(9-7-17)32-14-16-4-3-5-18(26)12-16/h3-13,15H,14H2,1-2H3,(H,27,29). The monoisotopic (exact) mass is 464 g/mol. The van der Waals surface area contributed by atoms with Crippen LogP contribution in [0.15, 0.2) is 72.1 Å². The van der Waals surface area contributed by atoms with E-state index in [0.29, 0.717) is 33.6 Å². The first-order valence-electron chi connectivity index (χ1n) is 10.0. The van der Waals surface area contributed by atoms with Crippen LogP contribution in [-0.4, -0.2) is 25.1 Å². The maximum Gasteiger partial charge on any atom is 0.275 e. The minimum Gasteiger partial charge on any atom is -0.497 e. The normalized spacial score (nSPS) is 10.5. The molecule has 0 aliphatic rings. The van der Waals surface area contributed by atoms with Crippen LogP contribution in [0, 0.1) is 5.82 Å². The first kappa shape index (κ1) is 22.3. The van der Waals surface area contributed by atoms with Crippen LogP contribution in [0.5, 0.6) is 17.2 Å². The molecule has 4 rings (SSSR count). The molecule has 0 saturated heterocycles. The largest absolute Gasteiger partial charge is 0.497 e. The van der Waals surface area contributed by atoms with E-state index in [0.717, 1.165) is 11.1 Å². The SMILES string of the molecule is COc1ccc(NC(=O)c2csc(-c3ccc(OCc4cccc(F)c4)cc3)n2)c(OC)c1. The molecular weight excluding hydrogens is 443 g/mol. The van der Waals surface area contributed by atoms with E-state index in [2.05, 4.69) is 10.3 Å². The lowest BCUT2D eigenvalue weighted by molar-refractivity contribution is 0.102. The van der Waals surface area contributed by atoms with Gasteiger partial charge < -0.3 is 19.5 Å². The highest BCUT2D eigenvalue weighted by atomic mass is 32.1. The Morgan fingerprint density at radius 2 is 1.79 bits per heavy atom. The molecule has 1 N–H and O–H groups in total. The third-order valence-corrected chi connectivity index (χ3v) is 5.68. The maximum absolute atomic E-state index is 13.3. The molecule has 0 bridgehead atoms. The Bertz CT molecular complexity index is 1260. The molecule has 0 aliphatic carbocycles. The molecule has 0 spiro atoms. The summed E-state index contributed by atoms with van der Waals surface area (Å²) in [5, 5.41) is 5.23. The number of carbonyl (C=O) groups is 1. The predicted octanol–water partition coefficient (Wildman–Crippen LogP) is 5.80. The minimum absolute atomic E-state index is 0.271. The van der Waals surface area contributed by atoms with Gasteiger partial charge in [-0.15, -0.1) is 11.3 Å². The van der Waals surface area contributed by atoms with Crippen molar-refractivity contribution in [1.82, 2.24) is 4.98 Å². The van der Waals surface area contributed by atoms with E-state index in [1.807, 2.05) is 24.3 Å². The average molecular weight is 465 g/mol. The first-order chi connectivity index (χ1) is 16.1. The van der Waals surface area contributed by atoms with Crippen LogP contribution < -0.4 is 19.5 Å². The van der Waals surface area contributed by atoms with Crippen molar-refractivity contribution >= 4 is 22.9 Å². The number of thiazole rings is 1. The second kappa shape index (κ2) is 10.1. The van der Waals surface area contributed by atoms with Crippen molar-refractivity contribution in [2.45, 2.75) is 6.61 Å². The number of hydrogen-bond acceptors (Lipinski definition) is 6. The summed E-state index contributed by atoms with van der Waals surface area (Å²) in [4.78, 5) is 17.1. The lowest BCUT2D eigenvalue weighted by atomic mass is 10.2. The molecule has 0 unspecified atom stereocenters. The molecule has 1 amide bonds. The van der Waals surface area contributed by atoms with E-state index >= 15 is 0 Å². The van der Waals surface area contributed by atoms with Gasteiger partial charge in [-0.2, -0.15) is 0 Å². The van der Waals surface area contributed by atoms with E-state index < -0.39 is 0 Å². The second-order valence-electron chi connectivity index (χ2n) is 7.00. The second-order valence-corrected chi connectivity index (χ2v) is 7.86. The third kappa shape index (κ3) is 5.48. The summed E-state index contributed by atoms with van der Waals surface area (Å²) in [6, 6.07) is 18.8. The highest BCUT2D eigenvalue weighted by molar-refractivity contribution is 7.13. The number of aromatic nitrogens is 1. The number of nitrogens with one attached hydrogen (secondary N) is 1. The molecule has 33 heavy (non-hydrogen) atoms. The van der Waals surface area contributed by atoms with Gasteiger partial charge in [0.05, 0.1) is 19.9 Å². The van der Waals surface area contributed by atoms with Gasteiger partial charge in [-0.1, -0.05) is 12.1 Å². The summed E-state index contributed by atoms with van der Waals surface area (Å²) < 4.78 is 29.5. The van der Waals surface area contributed by atoms with Gasteiger partial charge >= 0.3 is 0 Å². The number of carbonyl (C=O) groups excluding carboxylic acids is 1. The van der Waals surface area contributed by atoms with Crippen LogP contribution >= 0.6 is 11.3 Å². The van der Waals surface area contributed by atoms with Gasteiger partial charge in [-0.3, -0.25) is 4.79 Å². The predicted molar refractivity (Wildman–Crippen MR) is 126 cm³/mol. The average Bonchev–Trinajstić information content (AvgIpc) is 3.34. The molecule has 1 aromatic heterocycles. The number of benzene rings is 3. The third-order valence-electron chi connectivity index (χ3n) is 4.79. The Balaban J connectivity index is 1.41. The number of anilines is 1. The molecule has 6 nitrogen and oxygen atoms in total. The van der Waals surface area contributed by atoms with E-state index in [4.69, 9.17) is 14.2 Å². The number of amides is 1. The van der Waals surface area contributed by atoms with E-state index in [-0.39, 0.29) is 18.3 Å². The lowest BCUT2D eigenvalue weighted by Crippen LogP contribution is -2.13. The number of methoxy groups -OCH3 is 2. The topological polar surface area (TPSA) is 69.7 Å². The van der Waals surface area contributed by atoms with Crippen molar-refractivity contribution in [3.8, 4) is 27.8 Å². The van der Waals surface area contributed by atoms with Crippen molar-refractivity contribution in [2.75, 3.05) is 19.5 Å². The Kier molecular flexibility index (Phi) is 6.85. The van der Waals surface area contributed by atoms with E-state index in [1.54, 1.807) is 42.8 Å². The van der Waals surface area contributed by atoms with Gasteiger partial charge in [0.1, 0.15) is 40.4 Å².